The van der Waals surface area contributed by atoms with E-state index in [1.807, 2.05) is 4.90 Å². The van der Waals surface area contributed by atoms with Crippen LogP contribution in [0.5, 0.6) is 0 Å². The smallest absolute Gasteiger partial charge is 0.317 e. The molecule has 1 atom stereocenters. The van der Waals surface area contributed by atoms with Crippen molar-refractivity contribution in [1.82, 2.24) is 10.2 Å². The van der Waals surface area contributed by atoms with Crippen molar-refractivity contribution in [2.24, 2.45) is 0 Å². The highest BCUT2D eigenvalue weighted by Gasteiger charge is 2.17. The predicted octanol–water partition coefficient (Wildman–Crippen LogP) is 0.925. The van der Waals surface area contributed by atoms with Crippen LogP contribution in [0, 0.1) is 0 Å². The van der Waals surface area contributed by atoms with E-state index in [2.05, 4.69) is 12.2 Å². The lowest BCUT2D eigenvalue weighted by Crippen LogP contribution is -2.45. The van der Waals surface area contributed by atoms with Gasteiger partial charge in [-0.1, -0.05) is 13.3 Å². The van der Waals surface area contributed by atoms with Gasteiger partial charge >= 0.3 is 5.97 Å². The van der Waals surface area contributed by atoms with Crippen LogP contribution in [0.15, 0.2) is 0 Å². The largest absolute Gasteiger partial charge is 0.480 e. The first-order valence-corrected chi connectivity index (χ1v) is 5.90. The van der Waals surface area contributed by atoms with E-state index in [-0.39, 0.29) is 6.54 Å². The van der Waals surface area contributed by atoms with E-state index in [1.54, 1.807) is 0 Å². The standard InChI is InChI=1S/C11H22N2O2/c1-2-7-13(9-11(14)15)8-10-5-3-4-6-12-10/h10,12H,2-9H2,1H3,(H,14,15). The molecule has 0 bridgehead atoms. The molecule has 0 amide bonds. The zero-order valence-electron chi connectivity index (χ0n) is 9.54. The quantitative estimate of drug-likeness (QED) is 0.690. The molecule has 0 aromatic rings. The summed E-state index contributed by atoms with van der Waals surface area (Å²) in [4.78, 5) is 12.7. The van der Waals surface area contributed by atoms with E-state index in [9.17, 15) is 4.79 Å². The van der Waals surface area contributed by atoms with Crippen molar-refractivity contribution in [3.05, 3.63) is 0 Å². The van der Waals surface area contributed by atoms with Gasteiger partial charge in [-0.05, 0) is 32.4 Å². The van der Waals surface area contributed by atoms with E-state index < -0.39 is 5.97 Å². The summed E-state index contributed by atoms with van der Waals surface area (Å²) in [5.41, 5.74) is 0. The third-order valence-electron chi connectivity index (χ3n) is 2.79. The molecule has 4 heteroatoms. The Kier molecular flexibility index (Phi) is 5.65. The normalized spacial score (nSPS) is 21.9. The Labute approximate surface area is 91.6 Å². The molecule has 2 N–H and O–H groups in total. The van der Waals surface area contributed by atoms with Crippen LogP contribution in [0.2, 0.25) is 0 Å². The predicted molar refractivity (Wildman–Crippen MR) is 60.0 cm³/mol. The molecule has 88 valence electrons. The molecule has 1 fully saturated rings. The number of carboxylic acid groups (broad SMARTS) is 1. The first-order valence-electron chi connectivity index (χ1n) is 5.90. The summed E-state index contributed by atoms with van der Waals surface area (Å²) in [6, 6.07) is 0.490. The second-order valence-electron chi connectivity index (χ2n) is 4.28. The van der Waals surface area contributed by atoms with Crippen LogP contribution in [0.4, 0.5) is 0 Å². The number of hydrogen-bond donors (Lipinski definition) is 2. The number of carbonyl (C=O) groups is 1. The summed E-state index contributed by atoms with van der Waals surface area (Å²) >= 11 is 0. The Balaban J connectivity index is 2.31. The topological polar surface area (TPSA) is 52.6 Å². The highest BCUT2D eigenvalue weighted by molar-refractivity contribution is 5.69. The Morgan fingerprint density at radius 2 is 2.33 bits per heavy atom. The second kappa shape index (κ2) is 6.80. The molecule has 0 aliphatic carbocycles. The van der Waals surface area contributed by atoms with Gasteiger partial charge in [0.2, 0.25) is 0 Å². The summed E-state index contributed by atoms with van der Waals surface area (Å²) in [7, 11) is 0. The molecule has 0 saturated carbocycles. The number of carboxylic acids is 1. The van der Waals surface area contributed by atoms with Crippen molar-refractivity contribution in [2.75, 3.05) is 26.2 Å². The fourth-order valence-corrected chi connectivity index (χ4v) is 2.13. The molecule has 0 aromatic heterocycles. The minimum absolute atomic E-state index is 0.173. The van der Waals surface area contributed by atoms with Crippen molar-refractivity contribution in [3.8, 4) is 0 Å². The van der Waals surface area contributed by atoms with Crippen molar-refractivity contribution in [1.29, 1.82) is 0 Å². The monoisotopic (exact) mass is 214 g/mol. The highest BCUT2D eigenvalue weighted by atomic mass is 16.4. The summed E-state index contributed by atoms with van der Waals surface area (Å²) in [5.74, 6) is -0.723. The average Bonchev–Trinajstić information content (AvgIpc) is 2.18. The van der Waals surface area contributed by atoms with Crippen LogP contribution >= 0.6 is 0 Å². The Hall–Kier alpha value is -0.610. The van der Waals surface area contributed by atoms with E-state index in [0.29, 0.717) is 6.04 Å². The first kappa shape index (κ1) is 12.5. The summed E-state index contributed by atoms with van der Waals surface area (Å²) in [5, 5.41) is 12.2. The van der Waals surface area contributed by atoms with Crippen molar-refractivity contribution >= 4 is 5.97 Å². The van der Waals surface area contributed by atoms with Gasteiger partial charge in [-0.2, -0.15) is 0 Å². The van der Waals surface area contributed by atoms with Crippen LogP contribution in [-0.4, -0.2) is 48.2 Å². The van der Waals surface area contributed by atoms with Gasteiger partial charge < -0.3 is 10.4 Å². The molecule has 4 nitrogen and oxygen atoms in total. The Bertz CT molecular complexity index is 191. The van der Waals surface area contributed by atoms with Crippen molar-refractivity contribution in [2.45, 2.75) is 38.6 Å². The van der Waals surface area contributed by atoms with Gasteiger partial charge in [0.05, 0.1) is 6.54 Å². The fraction of sp³-hybridized carbons (Fsp3) is 0.909. The third kappa shape index (κ3) is 5.14. The minimum atomic E-state index is -0.723. The van der Waals surface area contributed by atoms with E-state index in [0.717, 1.165) is 26.1 Å². The van der Waals surface area contributed by atoms with Gasteiger partial charge in [-0.15, -0.1) is 0 Å². The van der Waals surface area contributed by atoms with Gasteiger partial charge in [-0.25, -0.2) is 0 Å². The number of hydrogen-bond acceptors (Lipinski definition) is 3. The number of nitrogens with one attached hydrogen (secondary N) is 1. The number of aliphatic carboxylic acids is 1. The van der Waals surface area contributed by atoms with Crippen LogP contribution in [0.3, 0.4) is 0 Å². The Morgan fingerprint density at radius 1 is 1.53 bits per heavy atom. The zero-order valence-corrected chi connectivity index (χ0v) is 9.54. The molecular weight excluding hydrogens is 192 g/mol. The maximum atomic E-state index is 10.7. The average molecular weight is 214 g/mol. The first-order chi connectivity index (χ1) is 7.22. The minimum Gasteiger partial charge on any atom is -0.480 e. The summed E-state index contributed by atoms with van der Waals surface area (Å²) < 4.78 is 0. The van der Waals surface area contributed by atoms with Crippen molar-refractivity contribution < 1.29 is 9.90 Å². The number of rotatable bonds is 6. The molecule has 0 aromatic carbocycles. The van der Waals surface area contributed by atoms with Crippen LogP contribution < -0.4 is 5.32 Å². The second-order valence-corrected chi connectivity index (χ2v) is 4.28. The highest BCUT2D eigenvalue weighted by Crippen LogP contribution is 2.08. The van der Waals surface area contributed by atoms with Crippen LogP contribution in [-0.2, 0) is 4.79 Å². The lowest BCUT2D eigenvalue weighted by atomic mass is 10.0. The van der Waals surface area contributed by atoms with E-state index in [1.165, 1.54) is 19.3 Å². The Morgan fingerprint density at radius 3 is 2.87 bits per heavy atom. The fourth-order valence-electron chi connectivity index (χ4n) is 2.13. The van der Waals surface area contributed by atoms with E-state index >= 15 is 0 Å². The molecule has 1 unspecified atom stereocenters. The lowest BCUT2D eigenvalue weighted by molar-refractivity contribution is -0.138. The van der Waals surface area contributed by atoms with E-state index in [4.69, 9.17) is 5.11 Å². The van der Waals surface area contributed by atoms with Crippen molar-refractivity contribution in [3.63, 3.8) is 0 Å². The molecule has 1 saturated heterocycles. The molecule has 1 aliphatic rings. The zero-order chi connectivity index (χ0) is 11.1. The maximum absolute atomic E-state index is 10.7. The van der Waals surface area contributed by atoms with Gasteiger partial charge in [0.15, 0.2) is 0 Å². The molecule has 1 rings (SSSR count). The third-order valence-corrected chi connectivity index (χ3v) is 2.79. The molecule has 0 radical (unpaired) electrons. The molecule has 15 heavy (non-hydrogen) atoms. The number of piperidine rings is 1. The SMILES string of the molecule is CCCN(CC(=O)O)CC1CCCCN1. The van der Waals surface area contributed by atoms with Gasteiger partial charge in [0, 0.05) is 12.6 Å². The van der Waals surface area contributed by atoms with Crippen LogP contribution in [0.25, 0.3) is 0 Å². The number of nitrogens with zero attached hydrogens (tertiary/aromatic N) is 1. The van der Waals surface area contributed by atoms with Gasteiger partial charge in [0.25, 0.3) is 0 Å². The molecule has 1 heterocycles. The van der Waals surface area contributed by atoms with Crippen LogP contribution in [0.1, 0.15) is 32.6 Å². The molecular formula is C11H22N2O2. The molecule has 1 aliphatic heterocycles. The maximum Gasteiger partial charge on any atom is 0.317 e. The summed E-state index contributed by atoms with van der Waals surface area (Å²) in [6.07, 6.45) is 4.72. The summed E-state index contributed by atoms with van der Waals surface area (Å²) in [6.45, 7) is 5.09. The van der Waals surface area contributed by atoms with Gasteiger partial charge in [-0.3, -0.25) is 9.69 Å². The van der Waals surface area contributed by atoms with Gasteiger partial charge in [0.1, 0.15) is 0 Å². The molecule has 0 spiro atoms. The lowest BCUT2D eigenvalue weighted by Gasteiger charge is -2.29.